The predicted octanol–water partition coefficient (Wildman–Crippen LogP) is 8.13. The molecule has 3 amide bonds. The Hall–Kier alpha value is -2.13. The minimum absolute atomic E-state index is 0.0504. The second-order valence-electron chi connectivity index (χ2n) is 15.1. The lowest BCUT2D eigenvalue weighted by Gasteiger charge is -2.34. The topological polar surface area (TPSA) is 103 Å². The minimum atomic E-state index is -0.556. The number of rotatable bonds is 29. The summed E-state index contributed by atoms with van der Waals surface area (Å²) in [6.07, 6.45) is 26.0. The lowest BCUT2D eigenvalue weighted by Crippen LogP contribution is -2.48. The van der Waals surface area contributed by atoms with Gasteiger partial charge < -0.3 is 30.5 Å². The Kier molecular flexibility index (Phi) is 27.1. The first-order valence-electron chi connectivity index (χ1n) is 20.3. The number of hydrogen-bond acceptors (Lipinski definition) is 6. The van der Waals surface area contributed by atoms with Gasteiger partial charge in [0.1, 0.15) is 11.6 Å². The van der Waals surface area contributed by atoms with Crippen LogP contribution < -0.4 is 16.0 Å². The van der Waals surface area contributed by atoms with Gasteiger partial charge in [-0.15, -0.1) is 0 Å². The van der Waals surface area contributed by atoms with Crippen LogP contribution in [-0.2, 0) is 14.3 Å². The first-order valence-corrected chi connectivity index (χ1v) is 20.3. The first-order chi connectivity index (χ1) is 23.6. The van der Waals surface area contributed by atoms with Crippen molar-refractivity contribution in [2.45, 2.75) is 175 Å². The highest BCUT2D eigenvalue weighted by molar-refractivity contribution is 5.87. The van der Waals surface area contributed by atoms with Crippen LogP contribution in [0.2, 0.25) is 0 Å². The number of hydrogen-bond donors (Lipinski definition) is 3. The van der Waals surface area contributed by atoms with Crippen LogP contribution in [0.5, 0.6) is 0 Å². The molecule has 9 nitrogen and oxygen atoms in total. The highest BCUT2D eigenvalue weighted by Gasteiger charge is 2.21. The Morgan fingerprint density at radius 3 is 1.78 bits per heavy atom. The molecule has 1 rings (SSSR count). The molecule has 1 aliphatic rings. The van der Waals surface area contributed by atoms with E-state index in [2.05, 4.69) is 51.7 Å². The van der Waals surface area contributed by atoms with E-state index >= 15 is 0 Å². The molecular weight excluding hydrogens is 614 g/mol. The van der Waals surface area contributed by atoms with Crippen molar-refractivity contribution in [2.75, 3.05) is 52.4 Å². The summed E-state index contributed by atoms with van der Waals surface area (Å²) in [6.45, 7) is 17.7. The zero-order chi connectivity index (χ0) is 36.0. The molecule has 1 saturated heterocycles. The molecule has 0 radical (unpaired) electrons. The van der Waals surface area contributed by atoms with E-state index in [1.165, 1.54) is 77.2 Å². The van der Waals surface area contributed by atoms with Gasteiger partial charge in [-0.2, -0.15) is 0 Å². The van der Waals surface area contributed by atoms with Crippen molar-refractivity contribution in [1.29, 1.82) is 0 Å². The molecule has 0 aromatic heterocycles. The second kappa shape index (κ2) is 29.6. The van der Waals surface area contributed by atoms with Gasteiger partial charge in [0.25, 0.3) is 0 Å². The van der Waals surface area contributed by atoms with Crippen LogP contribution in [-0.4, -0.2) is 91.7 Å². The molecule has 0 aromatic rings. The van der Waals surface area contributed by atoms with E-state index in [0.717, 1.165) is 64.8 Å². The Morgan fingerprint density at radius 2 is 1.18 bits per heavy atom. The maximum absolute atomic E-state index is 13.2. The molecule has 1 aliphatic heterocycles. The van der Waals surface area contributed by atoms with Gasteiger partial charge in [0.2, 0.25) is 11.8 Å². The number of allylic oxidation sites excluding steroid dienone is 2. The Labute approximate surface area is 301 Å². The number of piperazine rings is 1. The SMILES string of the molecule is CCCCCCCC/C=C\CCCCCCCC(=O)NC(CCCCNC(=O)OC(C)(C)C)C(=O)NCCCN1CCN(CCCC)CC1. The van der Waals surface area contributed by atoms with Crippen LogP contribution >= 0.6 is 0 Å². The van der Waals surface area contributed by atoms with E-state index in [9.17, 15) is 14.4 Å². The largest absolute Gasteiger partial charge is 0.444 e. The zero-order valence-corrected chi connectivity index (χ0v) is 32.6. The third kappa shape index (κ3) is 27.3. The molecule has 1 heterocycles. The molecule has 0 aliphatic carbocycles. The first kappa shape index (κ1) is 44.9. The maximum Gasteiger partial charge on any atom is 0.407 e. The van der Waals surface area contributed by atoms with Gasteiger partial charge in [0.15, 0.2) is 0 Å². The number of unbranched alkanes of at least 4 members (excludes halogenated alkanes) is 13. The van der Waals surface area contributed by atoms with Crippen molar-refractivity contribution in [3.63, 3.8) is 0 Å². The average Bonchev–Trinajstić information content (AvgIpc) is 3.06. The average molecular weight is 692 g/mol. The number of carbonyl (C=O) groups is 3. The molecule has 0 spiro atoms. The third-order valence-corrected chi connectivity index (χ3v) is 9.15. The fraction of sp³-hybridized carbons (Fsp3) is 0.875. The van der Waals surface area contributed by atoms with E-state index in [-0.39, 0.29) is 11.8 Å². The highest BCUT2D eigenvalue weighted by atomic mass is 16.6. The molecule has 286 valence electrons. The maximum atomic E-state index is 13.2. The molecule has 1 unspecified atom stereocenters. The summed E-state index contributed by atoms with van der Waals surface area (Å²) in [6, 6.07) is -0.556. The number of nitrogens with zero attached hydrogens (tertiary/aromatic N) is 2. The summed E-state index contributed by atoms with van der Waals surface area (Å²) in [5, 5.41) is 8.89. The van der Waals surface area contributed by atoms with Crippen LogP contribution in [0.4, 0.5) is 4.79 Å². The zero-order valence-electron chi connectivity index (χ0n) is 32.6. The molecule has 0 saturated carbocycles. The van der Waals surface area contributed by atoms with Crippen LogP contribution in [0.25, 0.3) is 0 Å². The molecule has 1 atom stereocenters. The Balaban J connectivity index is 2.32. The fourth-order valence-electron chi connectivity index (χ4n) is 6.13. The minimum Gasteiger partial charge on any atom is -0.444 e. The molecular formula is C40H77N5O4. The monoisotopic (exact) mass is 692 g/mol. The normalized spacial score (nSPS) is 15.0. The molecule has 0 aromatic carbocycles. The lowest BCUT2D eigenvalue weighted by atomic mass is 10.1. The molecule has 49 heavy (non-hydrogen) atoms. The van der Waals surface area contributed by atoms with E-state index in [0.29, 0.717) is 38.8 Å². The number of nitrogens with one attached hydrogen (secondary N) is 3. The fourth-order valence-corrected chi connectivity index (χ4v) is 6.13. The summed E-state index contributed by atoms with van der Waals surface area (Å²) in [7, 11) is 0. The van der Waals surface area contributed by atoms with E-state index in [4.69, 9.17) is 4.74 Å². The predicted molar refractivity (Wildman–Crippen MR) is 205 cm³/mol. The van der Waals surface area contributed by atoms with Crippen LogP contribution in [0, 0.1) is 0 Å². The van der Waals surface area contributed by atoms with Crippen LogP contribution in [0.3, 0.4) is 0 Å². The van der Waals surface area contributed by atoms with Gasteiger partial charge in [-0.1, -0.05) is 83.8 Å². The van der Waals surface area contributed by atoms with E-state index < -0.39 is 17.7 Å². The molecule has 0 bridgehead atoms. The van der Waals surface area contributed by atoms with Gasteiger partial charge in [0, 0.05) is 45.7 Å². The molecule has 1 fully saturated rings. The van der Waals surface area contributed by atoms with Crippen molar-refractivity contribution in [2.24, 2.45) is 0 Å². The van der Waals surface area contributed by atoms with Gasteiger partial charge >= 0.3 is 6.09 Å². The van der Waals surface area contributed by atoms with Crippen LogP contribution in [0.15, 0.2) is 12.2 Å². The molecule has 3 N–H and O–H groups in total. The second-order valence-corrected chi connectivity index (χ2v) is 15.1. The number of amides is 3. The summed E-state index contributed by atoms with van der Waals surface area (Å²) >= 11 is 0. The van der Waals surface area contributed by atoms with Gasteiger partial charge in [0.05, 0.1) is 0 Å². The van der Waals surface area contributed by atoms with E-state index in [1.54, 1.807) is 0 Å². The smallest absolute Gasteiger partial charge is 0.407 e. The lowest BCUT2D eigenvalue weighted by molar-refractivity contribution is -0.129. The summed E-state index contributed by atoms with van der Waals surface area (Å²) < 4.78 is 5.30. The van der Waals surface area contributed by atoms with Crippen molar-refractivity contribution >= 4 is 17.9 Å². The van der Waals surface area contributed by atoms with Gasteiger partial charge in [-0.3, -0.25) is 9.59 Å². The van der Waals surface area contributed by atoms with Crippen molar-refractivity contribution in [3.8, 4) is 0 Å². The van der Waals surface area contributed by atoms with E-state index in [1.807, 2.05) is 20.8 Å². The number of ether oxygens (including phenoxy) is 1. The molecule has 9 heteroatoms. The summed E-state index contributed by atoms with van der Waals surface area (Å²) in [5.74, 6) is -0.159. The summed E-state index contributed by atoms with van der Waals surface area (Å²) in [4.78, 5) is 43.0. The Morgan fingerprint density at radius 1 is 0.653 bits per heavy atom. The quantitative estimate of drug-likeness (QED) is 0.0541. The summed E-state index contributed by atoms with van der Waals surface area (Å²) in [5.41, 5.74) is -0.537. The van der Waals surface area contributed by atoms with Gasteiger partial charge in [-0.25, -0.2) is 4.79 Å². The third-order valence-electron chi connectivity index (χ3n) is 9.15. The number of alkyl carbamates (subject to hydrolysis) is 1. The highest BCUT2D eigenvalue weighted by Crippen LogP contribution is 2.11. The van der Waals surface area contributed by atoms with Crippen LogP contribution in [0.1, 0.15) is 163 Å². The van der Waals surface area contributed by atoms with Crippen molar-refractivity contribution in [1.82, 2.24) is 25.8 Å². The van der Waals surface area contributed by atoms with Crippen molar-refractivity contribution in [3.05, 3.63) is 12.2 Å². The van der Waals surface area contributed by atoms with Crippen molar-refractivity contribution < 1.29 is 19.1 Å². The number of carbonyl (C=O) groups excluding carboxylic acids is 3. The Bertz CT molecular complexity index is 867. The van der Waals surface area contributed by atoms with Gasteiger partial charge in [-0.05, 0) is 98.1 Å². The standard InChI is InChI=1S/C40H77N5O4/c1-6-8-10-11-12-13-14-15-16-17-18-19-20-21-22-27-37(46)43-36(26-23-24-28-42-39(48)49-40(3,4)5)38(47)41-29-25-31-45-34-32-44(33-35-45)30-9-7-2/h15-16,36H,6-14,17-35H2,1-5H3,(H,41,47)(H,42,48)(H,43,46)/b16-15-.